The number of ether oxygens (including phenoxy) is 1. The molecule has 114 valence electrons. The zero-order chi connectivity index (χ0) is 16.1. The molecule has 5 heteroatoms. The van der Waals surface area contributed by atoms with Crippen molar-refractivity contribution in [3.63, 3.8) is 0 Å². The molecule has 2 rings (SSSR count). The van der Waals surface area contributed by atoms with Crippen molar-refractivity contribution in [3.05, 3.63) is 63.6 Å². The summed E-state index contributed by atoms with van der Waals surface area (Å²) in [5.41, 5.74) is 1.32. The van der Waals surface area contributed by atoms with Crippen molar-refractivity contribution in [1.29, 1.82) is 0 Å². The van der Waals surface area contributed by atoms with Gasteiger partial charge in [-0.15, -0.1) is 0 Å². The second-order valence-corrected chi connectivity index (χ2v) is 5.69. The van der Waals surface area contributed by atoms with Gasteiger partial charge < -0.3 is 4.74 Å². The molecule has 0 N–H and O–H groups in total. The highest BCUT2D eigenvalue weighted by atomic mass is 35.5. The fourth-order valence-electron chi connectivity index (χ4n) is 1.84. The van der Waals surface area contributed by atoms with Crippen LogP contribution in [0.2, 0.25) is 10.0 Å². The van der Waals surface area contributed by atoms with Crippen LogP contribution in [0.15, 0.2) is 42.5 Å². The molecule has 0 aliphatic heterocycles. The Hall–Kier alpha value is -1.84. The lowest BCUT2D eigenvalue weighted by atomic mass is 10.1. The van der Waals surface area contributed by atoms with Crippen molar-refractivity contribution in [3.8, 4) is 5.75 Å². The molecule has 0 unspecified atom stereocenters. The van der Waals surface area contributed by atoms with Crippen LogP contribution in [-0.2, 0) is 4.79 Å². The zero-order valence-corrected chi connectivity index (χ0v) is 13.4. The summed E-state index contributed by atoms with van der Waals surface area (Å²) in [5, 5.41) is 1.18. The SMILES string of the molecule is Cc1cc(OCC(=O)CC(=O)c2ccc(Cl)cc2)ccc1Cl. The molecule has 0 aliphatic carbocycles. The van der Waals surface area contributed by atoms with Crippen LogP contribution in [0.5, 0.6) is 5.75 Å². The number of hydrogen-bond donors (Lipinski definition) is 0. The van der Waals surface area contributed by atoms with Crippen LogP contribution in [0.25, 0.3) is 0 Å². The third kappa shape index (κ3) is 4.58. The van der Waals surface area contributed by atoms with Gasteiger partial charge in [-0.3, -0.25) is 9.59 Å². The second kappa shape index (κ2) is 7.43. The second-order valence-electron chi connectivity index (χ2n) is 4.85. The van der Waals surface area contributed by atoms with Crippen LogP contribution in [0.4, 0.5) is 0 Å². The van der Waals surface area contributed by atoms with E-state index in [-0.39, 0.29) is 24.6 Å². The largest absolute Gasteiger partial charge is 0.486 e. The number of halogens is 2. The summed E-state index contributed by atoms with van der Waals surface area (Å²) in [4.78, 5) is 23.8. The summed E-state index contributed by atoms with van der Waals surface area (Å²) in [6.45, 7) is 1.70. The quantitative estimate of drug-likeness (QED) is 0.575. The van der Waals surface area contributed by atoms with Gasteiger partial charge in [0.1, 0.15) is 12.4 Å². The van der Waals surface area contributed by atoms with E-state index < -0.39 is 0 Å². The number of Topliss-reactive ketones (excluding diaryl/α,β-unsaturated/α-hetero) is 2. The summed E-state index contributed by atoms with van der Waals surface area (Å²) in [5.74, 6) is 0.0132. The van der Waals surface area contributed by atoms with Gasteiger partial charge in [0.25, 0.3) is 0 Å². The van der Waals surface area contributed by atoms with E-state index in [4.69, 9.17) is 27.9 Å². The smallest absolute Gasteiger partial charge is 0.177 e. The minimum Gasteiger partial charge on any atom is -0.486 e. The van der Waals surface area contributed by atoms with Crippen molar-refractivity contribution in [2.24, 2.45) is 0 Å². The van der Waals surface area contributed by atoms with Crippen LogP contribution in [0, 0.1) is 6.92 Å². The number of hydrogen-bond acceptors (Lipinski definition) is 3. The molecule has 22 heavy (non-hydrogen) atoms. The molecule has 0 radical (unpaired) electrons. The molecule has 2 aromatic carbocycles. The van der Waals surface area contributed by atoms with E-state index in [2.05, 4.69) is 0 Å². The van der Waals surface area contributed by atoms with Crippen molar-refractivity contribution in [2.45, 2.75) is 13.3 Å². The van der Waals surface area contributed by atoms with Crippen LogP contribution in [0.3, 0.4) is 0 Å². The zero-order valence-electron chi connectivity index (χ0n) is 11.9. The van der Waals surface area contributed by atoms with Crippen molar-refractivity contribution >= 4 is 34.8 Å². The average molecular weight is 337 g/mol. The maximum atomic E-state index is 11.9. The van der Waals surface area contributed by atoms with Gasteiger partial charge in [0, 0.05) is 15.6 Å². The van der Waals surface area contributed by atoms with E-state index in [1.807, 2.05) is 6.92 Å². The van der Waals surface area contributed by atoms with E-state index >= 15 is 0 Å². The highest BCUT2D eigenvalue weighted by Gasteiger charge is 2.12. The molecule has 3 nitrogen and oxygen atoms in total. The summed E-state index contributed by atoms with van der Waals surface area (Å²) in [7, 11) is 0. The van der Waals surface area contributed by atoms with E-state index in [0.29, 0.717) is 21.4 Å². The van der Waals surface area contributed by atoms with E-state index in [1.165, 1.54) is 0 Å². The van der Waals surface area contributed by atoms with Gasteiger partial charge in [0.05, 0.1) is 6.42 Å². The topological polar surface area (TPSA) is 43.4 Å². The van der Waals surface area contributed by atoms with Gasteiger partial charge in [-0.1, -0.05) is 23.2 Å². The maximum Gasteiger partial charge on any atom is 0.177 e. The minimum absolute atomic E-state index is 0.152. The van der Waals surface area contributed by atoms with E-state index in [0.717, 1.165) is 5.56 Å². The molecule has 0 aromatic heterocycles. The molecular formula is C17H14Cl2O3. The fourth-order valence-corrected chi connectivity index (χ4v) is 2.08. The van der Waals surface area contributed by atoms with Gasteiger partial charge in [0.2, 0.25) is 0 Å². The van der Waals surface area contributed by atoms with Crippen LogP contribution < -0.4 is 4.74 Å². The Balaban J connectivity index is 1.88. The van der Waals surface area contributed by atoms with E-state index in [9.17, 15) is 9.59 Å². The number of benzene rings is 2. The lowest BCUT2D eigenvalue weighted by molar-refractivity contribution is -0.120. The molecule has 0 bridgehead atoms. The normalized spacial score (nSPS) is 10.3. The van der Waals surface area contributed by atoms with Gasteiger partial charge in [-0.25, -0.2) is 0 Å². The standard InChI is InChI=1S/C17H14Cl2O3/c1-11-8-15(6-7-16(11)19)22-10-14(20)9-17(21)12-2-4-13(18)5-3-12/h2-8H,9-10H2,1H3. The highest BCUT2D eigenvalue weighted by molar-refractivity contribution is 6.31. The molecule has 0 saturated heterocycles. The predicted molar refractivity (Wildman–Crippen MR) is 87.1 cm³/mol. The van der Waals surface area contributed by atoms with Gasteiger partial charge in [0.15, 0.2) is 11.6 Å². The molecule has 0 heterocycles. The Morgan fingerprint density at radius 2 is 1.73 bits per heavy atom. The van der Waals surface area contributed by atoms with Crippen molar-refractivity contribution in [2.75, 3.05) is 6.61 Å². The molecular weight excluding hydrogens is 323 g/mol. The number of aryl methyl sites for hydroxylation is 1. The third-order valence-corrected chi connectivity index (χ3v) is 3.73. The van der Waals surface area contributed by atoms with Gasteiger partial charge in [-0.2, -0.15) is 0 Å². The highest BCUT2D eigenvalue weighted by Crippen LogP contribution is 2.21. The Morgan fingerprint density at radius 3 is 2.36 bits per heavy atom. The first-order valence-corrected chi connectivity index (χ1v) is 7.41. The monoisotopic (exact) mass is 336 g/mol. The Labute approximate surface area is 138 Å². The lowest BCUT2D eigenvalue weighted by Gasteiger charge is -2.07. The first-order valence-electron chi connectivity index (χ1n) is 6.65. The Morgan fingerprint density at radius 1 is 1.05 bits per heavy atom. The van der Waals surface area contributed by atoms with Crippen LogP contribution in [-0.4, -0.2) is 18.2 Å². The fraction of sp³-hybridized carbons (Fsp3) is 0.176. The first-order chi connectivity index (χ1) is 10.5. The third-order valence-electron chi connectivity index (χ3n) is 3.05. The Bertz CT molecular complexity index is 694. The molecule has 0 atom stereocenters. The number of carbonyl (C=O) groups is 2. The van der Waals surface area contributed by atoms with Crippen LogP contribution in [0.1, 0.15) is 22.3 Å². The van der Waals surface area contributed by atoms with E-state index in [1.54, 1.807) is 42.5 Å². The molecule has 0 aliphatic rings. The number of rotatable bonds is 6. The summed E-state index contributed by atoms with van der Waals surface area (Å²) < 4.78 is 5.38. The maximum absolute atomic E-state index is 11.9. The van der Waals surface area contributed by atoms with Gasteiger partial charge in [-0.05, 0) is 55.0 Å². The Kier molecular flexibility index (Phi) is 5.58. The predicted octanol–water partition coefficient (Wildman–Crippen LogP) is 4.52. The summed E-state index contributed by atoms with van der Waals surface area (Å²) in [6, 6.07) is 11.6. The molecule has 0 fully saturated rings. The minimum atomic E-state index is -0.285. The number of ketones is 2. The van der Waals surface area contributed by atoms with Crippen LogP contribution >= 0.6 is 23.2 Å². The van der Waals surface area contributed by atoms with Gasteiger partial charge >= 0.3 is 0 Å². The van der Waals surface area contributed by atoms with Crippen molar-refractivity contribution in [1.82, 2.24) is 0 Å². The lowest BCUT2D eigenvalue weighted by Crippen LogP contribution is -2.16. The summed E-state index contributed by atoms with van der Waals surface area (Å²) in [6.07, 6.45) is -0.200. The molecule has 0 spiro atoms. The number of carbonyl (C=O) groups excluding carboxylic acids is 2. The molecule has 0 saturated carbocycles. The average Bonchev–Trinajstić information content (AvgIpc) is 2.49. The first kappa shape index (κ1) is 16.5. The van der Waals surface area contributed by atoms with Crippen molar-refractivity contribution < 1.29 is 14.3 Å². The molecule has 2 aromatic rings. The molecule has 0 amide bonds. The summed E-state index contributed by atoms with van der Waals surface area (Å²) >= 11 is 11.7.